The molecule has 1 atom stereocenters. The van der Waals surface area contributed by atoms with Crippen LogP contribution in [0, 0.1) is 12.8 Å². The average Bonchev–Trinajstić information content (AvgIpc) is 2.50. The average molecular weight is 325 g/mol. The molecule has 2 rings (SSSR count). The van der Waals surface area contributed by atoms with Crippen molar-refractivity contribution in [3.8, 4) is 0 Å². The second-order valence-electron chi connectivity index (χ2n) is 5.54. The number of halogens is 1. The molecule has 120 valence electrons. The number of hydrogen-bond acceptors (Lipinski definition) is 2. The molecule has 1 aliphatic heterocycles. The second kappa shape index (κ2) is 7.35. The summed E-state index contributed by atoms with van der Waals surface area (Å²) in [6.45, 7) is 3.64. The van der Waals surface area contributed by atoms with E-state index in [-0.39, 0.29) is 11.9 Å². The van der Waals surface area contributed by atoms with Crippen LogP contribution in [0.15, 0.2) is 18.2 Å². The lowest BCUT2D eigenvalue weighted by Crippen LogP contribution is -2.46. The third-order valence-electron chi connectivity index (χ3n) is 3.90. The highest BCUT2D eigenvalue weighted by Gasteiger charge is 2.22. The number of piperidine rings is 1. The molecule has 22 heavy (non-hydrogen) atoms. The molecule has 0 radical (unpaired) electrons. The number of hydrogen-bond donors (Lipinski definition) is 3. The molecule has 7 heteroatoms. The first-order chi connectivity index (χ1) is 10.5. The number of carbonyl (C=O) groups is 2. The number of nitrogens with one attached hydrogen (secondary N) is 2. The van der Waals surface area contributed by atoms with Gasteiger partial charge in [-0.05, 0) is 43.4 Å². The molecule has 1 unspecified atom stereocenters. The highest BCUT2D eigenvalue weighted by molar-refractivity contribution is 6.31. The number of urea groups is 2. The minimum Gasteiger partial charge on any atom is -0.351 e. The molecule has 0 saturated carbocycles. The van der Waals surface area contributed by atoms with Crippen LogP contribution in [0.1, 0.15) is 18.4 Å². The van der Waals surface area contributed by atoms with E-state index in [9.17, 15) is 9.59 Å². The van der Waals surface area contributed by atoms with Gasteiger partial charge >= 0.3 is 12.1 Å². The lowest BCUT2D eigenvalue weighted by Gasteiger charge is -2.31. The molecule has 4 amide bonds. The molecule has 0 bridgehead atoms. The number of nitrogens with two attached hydrogens (primary N) is 1. The first-order valence-electron chi connectivity index (χ1n) is 7.31. The van der Waals surface area contributed by atoms with E-state index in [1.54, 1.807) is 23.1 Å². The van der Waals surface area contributed by atoms with Gasteiger partial charge in [-0.25, -0.2) is 9.59 Å². The van der Waals surface area contributed by atoms with Crippen molar-refractivity contribution in [3.05, 3.63) is 28.8 Å². The van der Waals surface area contributed by atoms with Gasteiger partial charge in [0.15, 0.2) is 0 Å². The molecule has 1 aliphatic rings. The molecule has 4 N–H and O–H groups in total. The quantitative estimate of drug-likeness (QED) is 0.798. The van der Waals surface area contributed by atoms with E-state index >= 15 is 0 Å². The normalized spacial score (nSPS) is 17.9. The van der Waals surface area contributed by atoms with Gasteiger partial charge in [0.05, 0.1) is 0 Å². The monoisotopic (exact) mass is 324 g/mol. The summed E-state index contributed by atoms with van der Waals surface area (Å²) in [6, 6.07) is 4.69. The Kier molecular flexibility index (Phi) is 5.49. The smallest absolute Gasteiger partial charge is 0.319 e. The molecular weight excluding hydrogens is 304 g/mol. The van der Waals surface area contributed by atoms with E-state index in [0.717, 1.165) is 18.4 Å². The Labute approximate surface area is 135 Å². The van der Waals surface area contributed by atoms with Crippen molar-refractivity contribution in [2.45, 2.75) is 19.8 Å². The van der Waals surface area contributed by atoms with Crippen LogP contribution in [-0.4, -0.2) is 36.6 Å². The Hall–Kier alpha value is -1.95. The molecule has 0 aliphatic carbocycles. The molecule has 6 nitrogen and oxygen atoms in total. The zero-order chi connectivity index (χ0) is 16.1. The number of likely N-dealkylation sites (tertiary alicyclic amines) is 1. The molecule has 1 heterocycles. The van der Waals surface area contributed by atoms with Crippen molar-refractivity contribution in [2.24, 2.45) is 11.7 Å². The fourth-order valence-corrected chi connectivity index (χ4v) is 2.75. The fourth-order valence-electron chi connectivity index (χ4n) is 2.58. The Morgan fingerprint density at radius 2 is 2.23 bits per heavy atom. The predicted molar refractivity (Wildman–Crippen MR) is 87.1 cm³/mol. The Bertz CT molecular complexity index is 564. The fraction of sp³-hybridized carbons (Fsp3) is 0.467. The largest absolute Gasteiger partial charge is 0.351 e. The van der Waals surface area contributed by atoms with Crippen molar-refractivity contribution in [2.75, 3.05) is 25.0 Å². The van der Waals surface area contributed by atoms with Gasteiger partial charge in [-0.1, -0.05) is 17.7 Å². The van der Waals surface area contributed by atoms with Crippen LogP contribution in [0.25, 0.3) is 0 Å². The van der Waals surface area contributed by atoms with Gasteiger partial charge in [-0.3, -0.25) is 0 Å². The highest BCUT2D eigenvalue weighted by Crippen LogP contribution is 2.22. The van der Waals surface area contributed by atoms with Crippen LogP contribution in [0.3, 0.4) is 0 Å². The first-order valence-corrected chi connectivity index (χ1v) is 7.69. The molecule has 1 aromatic rings. The minimum atomic E-state index is -0.399. The van der Waals surface area contributed by atoms with Crippen LogP contribution in [0.5, 0.6) is 0 Å². The summed E-state index contributed by atoms with van der Waals surface area (Å²) in [6.07, 6.45) is 1.88. The number of nitrogens with zero attached hydrogens (tertiary/aromatic N) is 1. The molecule has 0 spiro atoms. The topological polar surface area (TPSA) is 87.5 Å². The maximum atomic E-state index is 12.0. The first kappa shape index (κ1) is 16.4. The SMILES string of the molecule is Cc1c(Cl)cccc1NC(=O)NCC1CCCN(C(N)=O)C1. The summed E-state index contributed by atoms with van der Waals surface area (Å²) in [5.41, 5.74) is 6.81. The summed E-state index contributed by atoms with van der Waals surface area (Å²) < 4.78 is 0. The standard InChI is InChI=1S/C15H21ClN4O2/c1-10-12(16)5-2-6-13(10)19-15(22)18-8-11-4-3-7-20(9-11)14(17)21/h2,5-6,11H,3-4,7-9H2,1H3,(H2,17,21)(H2,18,19,22). The van der Waals surface area contributed by atoms with Crippen molar-refractivity contribution >= 4 is 29.4 Å². The summed E-state index contributed by atoms with van der Waals surface area (Å²) >= 11 is 6.02. The highest BCUT2D eigenvalue weighted by atomic mass is 35.5. The van der Waals surface area contributed by atoms with Gasteiger partial charge < -0.3 is 21.3 Å². The van der Waals surface area contributed by atoms with Gasteiger partial charge in [0.25, 0.3) is 0 Å². The van der Waals surface area contributed by atoms with Crippen LogP contribution in [-0.2, 0) is 0 Å². The number of primary amides is 1. The third-order valence-corrected chi connectivity index (χ3v) is 4.31. The lowest BCUT2D eigenvalue weighted by atomic mass is 9.98. The van der Waals surface area contributed by atoms with Gasteiger partial charge in [0.1, 0.15) is 0 Å². The Morgan fingerprint density at radius 3 is 2.95 bits per heavy atom. The summed E-state index contributed by atoms with van der Waals surface area (Å²) in [5.74, 6) is 0.229. The van der Waals surface area contributed by atoms with E-state index in [1.165, 1.54) is 0 Å². The van der Waals surface area contributed by atoms with E-state index in [0.29, 0.717) is 30.3 Å². The number of anilines is 1. The Morgan fingerprint density at radius 1 is 1.45 bits per heavy atom. The zero-order valence-electron chi connectivity index (χ0n) is 12.6. The molecule has 0 aromatic heterocycles. The van der Waals surface area contributed by atoms with E-state index < -0.39 is 6.03 Å². The second-order valence-corrected chi connectivity index (χ2v) is 5.95. The maximum Gasteiger partial charge on any atom is 0.319 e. The molecular formula is C15H21ClN4O2. The minimum absolute atomic E-state index is 0.229. The number of carbonyl (C=O) groups excluding carboxylic acids is 2. The van der Waals surface area contributed by atoms with Gasteiger partial charge in [0.2, 0.25) is 0 Å². The lowest BCUT2D eigenvalue weighted by molar-refractivity contribution is 0.173. The predicted octanol–water partition coefficient (Wildman–Crippen LogP) is 2.56. The van der Waals surface area contributed by atoms with E-state index in [4.69, 9.17) is 17.3 Å². The number of benzene rings is 1. The van der Waals surface area contributed by atoms with Crippen LogP contribution < -0.4 is 16.4 Å². The summed E-state index contributed by atoms with van der Waals surface area (Å²) in [5, 5.41) is 6.23. The van der Waals surface area contributed by atoms with E-state index in [2.05, 4.69) is 10.6 Å². The van der Waals surface area contributed by atoms with Crippen LogP contribution in [0.2, 0.25) is 5.02 Å². The van der Waals surface area contributed by atoms with Crippen molar-refractivity contribution < 1.29 is 9.59 Å². The van der Waals surface area contributed by atoms with Gasteiger partial charge in [-0.15, -0.1) is 0 Å². The molecule has 1 saturated heterocycles. The van der Waals surface area contributed by atoms with Crippen LogP contribution >= 0.6 is 11.6 Å². The molecule has 1 aromatic carbocycles. The van der Waals surface area contributed by atoms with Gasteiger partial charge in [0, 0.05) is 30.3 Å². The van der Waals surface area contributed by atoms with E-state index in [1.807, 2.05) is 6.92 Å². The number of amides is 4. The van der Waals surface area contributed by atoms with Gasteiger partial charge in [-0.2, -0.15) is 0 Å². The third kappa shape index (κ3) is 4.27. The summed E-state index contributed by atoms with van der Waals surface area (Å²) in [7, 11) is 0. The Balaban J connectivity index is 1.83. The number of rotatable bonds is 3. The zero-order valence-corrected chi connectivity index (χ0v) is 13.3. The van der Waals surface area contributed by atoms with Crippen molar-refractivity contribution in [3.63, 3.8) is 0 Å². The summed E-state index contributed by atoms with van der Waals surface area (Å²) in [4.78, 5) is 24.8. The molecule has 1 fully saturated rings. The van der Waals surface area contributed by atoms with Crippen molar-refractivity contribution in [1.29, 1.82) is 0 Å². The van der Waals surface area contributed by atoms with Crippen LogP contribution in [0.4, 0.5) is 15.3 Å². The maximum absolute atomic E-state index is 12.0. The van der Waals surface area contributed by atoms with Crippen molar-refractivity contribution in [1.82, 2.24) is 10.2 Å².